The number of hydrazine groups is 1. The topological polar surface area (TPSA) is 29.3 Å². The normalized spacial score (nSPS) is 16.7. The SMILES string of the molecule is C=C/C=C\C1=C(C)N(N)CCC1.CC. The van der Waals surface area contributed by atoms with E-state index >= 15 is 0 Å². The van der Waals surface area contributed by atoms with Crippen LogP contribution in [0, 0.1) is 0 Å². The van der Waals surface area contributed by atoms with Crippen LogP contribution in [0.1, 0.15) is 33.6 Å². The van der Waals surface area contributed by atoms with Gasteiger partial charge in [0.05, 0.1) is 0 Å². The van der Waals surface area contributed by atoms with E-state index in [9.17, 15) is 0 Å². The first-order valence-electron chi connectivity index (χ1n) is 5.27. The molecule has 0 bridgehead atoms. The van der Waals surface area contributed by atoms with Gasteiger partial charge in [0.1, 0.15) is 0 Å². The van der Waals surface area contributed by atoms with Crippen molar-refractivity contribution in [3.63, 3.8) is 0 Å². The Balaban J connectivity index is 0.000000791. The zero-order chi connectivity index (χ0) is 11.0. The fourth-order valence-electron chi connectivity index (χ4n) is 1.36. The van der Waals surface area contributed by atoms with E-state index in [1.54, 1.807) is 6.08 Å². The van der Waals surface area contributed by atoms with Crippen LogP contribution in [-0.4, -0.2) is 11.6 Å². The van der Waals surface area contributed by atoms with Crippen LogP contribution >= 0.6 is 0 Å². The molecule has 0 aromatic rings. The van der Waals surface area contributed by atoms with E-state index in [-0.39, 0.29) is 0 Å². The van der Waals surface area contributed by atoms with E-state index in [1.807, 2.05) is 24.9 Å². The summed E-state index contributed by atoms with van der Waals surface area (Å²) in [5, 5.41) is 1.81. The Morgan fingerprint density at radius 1 is 1.43 bits per heavy atom. The van der Waals surface area contributed by atoms with Crippen LogP contribution in [0.5, 0.6) is 0 Å². The molecular weight excluding hydrogens is 172 g/mol. The molecule has 0 aliphatic carbocycles. The summed E-state index contributed by atoms with van der Waals surface area (Å²) >= 11 is 0. The number of hydrogen-bond donors (Lipinski definition) is 1. The largest absolute Gasteiger partial charge is 0.315 e. The van der Waals surface area contributed by atoms with Crippen LogP contribution in [0.15, 0.2) is 36.1 Å². The molecule has 1 rings (SSSR count). The maximum atomic E-state index is 5.76. The quantitative estimate of drug-likeness (QED) is 0.541. The summed E-state index contributed by atoms with van der Waals surface area (Å²) in [5.74, 6) is 5.76. The smallest absolute Gasteiger partial charge is 0.0341 e. The lowest BCUT2D eigenvalue weighted by molar-refractivity contribution is 0.331. The van der Waals surface area contributed by atoms with Gasteiger partial charge in [0.2, 0.25) is 0 Å². The molecular formula is C12H22N2. The number of hydrogen-bond acceptors (Lipinski definition) is 2. The maximum absolute atomic E-state index is 5.76. The molecule has 2 nitrogen and oxygen atoms in total. The lowest BCUT2D eigenvalue weighted by Crippen LogP contribution is -2.33. The lowest BCUT2D eigenvalue weighted by atomic mass is 10.0. The van der Waals surface area contributed by atoms with Gasteiger partial charge in [-0.2, -0.15) is 0 Å². The van der Waals surface area contributed by atoms with E-state index in [0.29, 0.717) is 0 Å². The predicted octanol–water partition coefficient (Wildman–Crippen LogP) is 3.00. The average Bonchev–Trinajstić information content (AvgIpc) is 2.23. The standard InChI is InChI=1S/C10H16N2.C2H6/c1-3-4-6-10-7-5-8-12(11)9(10)2;1-2/h3-4,6H,1,5,7-8,11H2,2H3;1-2H3/b6-4-;. The highest BCUT2D eigenvalue weighted by Crippen LogP contribution is 2.19. The van der Waals surface area contributed by atoms with Gasteiger partial charge in [0.25, 0.3) is 0 Å². The Labute approximate surface area is 87.8 Å². The first-order valence-corrected chi connectivity index (χ1v) is 5.27. The molecule has 80 valence electrons. The molecule has 0 fully saturated rings. The molecule has 0 aromatic carbocycles. The molecule has 0 saturated carbocycles. The molecule has 0 aromatic heterocycles. The van der Waals surface area contributed by atoms with Crippen LogP contribution in [0.4, 0.5) is 0 Å². The van der Waals surface area contributed by atoms with Crippen molar-refractivity contribution in [1.29, 1.82) is 0 Å². The van der Waals surface area contributed by atoms with Crippen molar-refractivity contribution < 1.29 is 0 Å². The average molecular weight is 194 g/mol. The molecule has 1 heterocycles. The number of allylic oxidation sites excluding steroid dienone is 5. The summed E-state index contributed by atoms with van der Waals surface area (Å²) in [7, 11) is 0. The minimum Gasteiger partial charge on any atom is -0.315 e. The van der Waals surface area contributed by atoms with E-state index in [2.05, 4.69) is 19.6 Å². The van der Waals surface area contributed by atoms with Gasteiger partial charge in [0, 0.05) is 12.2 Å². The van der Waals surface area contributed by atoms with E-state index < -0.39 is 0 Å². The second-order valence-corrected chi connectivity index (χ2v) is 3.00. The van der Waals surface area contributed by atoms with E-state index in [0.717, 1.165) is 19.4 Å². The van der Waals surface area contributed by atoms with Gasteiger partial charge in [-0.05, 0) is 25.3 Å². The minimum atomic E-state index is 0.970. The second-order valence-electron chi connectivity index (χ2n) is 3.00. The van der Waals surface area contributed by atoms with Crippen LogP contribution in [0.25, 0.3) is 0 Å². The van der Waals surface area contributed by atoms with Crippen molar-refractivity contribution in [3.05, 3.63) is 36.1 Å². The number of nitrogens with two attached hydrogens (primary N) is 1. The third-order valence-corrected chi connectivity index (χ3v) is 2.17. The molecule has 0 atom stereocenters. The predicted molar refractivity (Wildman–Crippen MR) is 63.5 cm³/mol. The molecule has 0 amide bonds. The maximum Gasteiger partial charge on any atom is 0.0341 e. The van der Waals surface area contributed by atoms with E-state index in [1.165, 1.54) is 11.3 Å². The molecule has 0 spiro atoms. The second kappa shape index (κ2) is 7.39. The third-order valence-electron chi connectivity index (χ3n) is 2.17. The molecule has 2 heteroatoms. The number of rotatable bonds is 2. The summed E-state index contributed by atoms with van der Waals surface area (Å²) in [6.07, 6.45) is 8.10. The van der Waals surface area contributed by atoms with Gasteiger partial charge in [0.15, 0.2) is 0 Å². The fourth-order valence-corrected chi connectivity index (χ4v) is 1.36. The van der Waals surface area contributed by atoms with Crippen LogP contribution in [0.3, 0.4) is 0 Å². The Kier molecular flexibility index (Phi) is 6.85. The van der Waals surface area contributed by atoms with Gasteiger partial charge < -0.3 is 5.01 Å². The molecule has 14 heavy (non-hydrogen) atoms. The molecule has 0 unspecified atom stereocenters. The summed E-state index contributed by atoms with van der Waals surface area (Å²) in [5.41, 5.74) is 2.50. The molecule has 1 aliphatic rings. The molecule has 0 saturated heterocycles. The Bertz CT molecular complexity index is 226. The van der Waals surface area contributed by atoms with Crippen molar-refractivity contribution in [1.82, 2.24) is 5.01 Å². The molecule has 2 N–H and O–H groups in total. The third kappa shape index (κ3) is 3.79. The Morgan fingerprint density at radius 3 is 2.64 bits per heavy atom. The van der Waals surface area contributed by atoms with Crippen molar-refractivity contribution >= 4 is 0 Å². The monoisotopic (exact) mass is 194 g/mol. The van der Waals surface area contributed by atoms with Crippen molar-refractivity contribution in [2.45, 2.75) is 33.6 Å². The van der Waals surface area contributed by atoms with Crippen molar-refractivity contribution in [2.24, 2.45) is 5.84 Å². The zero-order valence-electron chi connectivity index (χ0n) is 9.59. The molecule has 1 aliphatic heterocycles. The Morgan fingerprint density at radius 2 is 2.07 bits per heavy atom. The van der Waals surface area contributed by atoms with Gasteiger partial charge in [-0.25, -0.2) is 5.84 Å². The summed E-state index contributed by atoms with van der Waals surface area (Å²) in [6, 6.07) is 0. The van der Waals surface area contributed by atoms with Crippen molar-refractivity contribution in [3.8, 4) is 0 Å². The summed E-state index contributed by atoms with van der Waals surface area (Å²) in [6.45, 7) is 10.7. The van der Waals surface area contributed by atoms with Crippen molar-refractivity contribution in [2.75, 3.05) is 6.54 Å². The highest BCUT2D eigenvalue weighted by molar-refractivity contribution is 5.27. The fraction of sp³-hybridized carbons (Fsp3) is 0.500. The number of nitrogens with zero attached hydrogens (tertiary/aromatic N) is 1. The highest BCUT2D eigenvalue weighted by atomic mass is 15.4. The van der Waals surface area contributed by atoms with Gasteiger partial charge in [-0.1, -0.05) is 38.7 Å². The summed E-state index contributed by atoms with van der Waals surface area (Å²) < 4.78 is 0. The van der Waals surface area contributed by atoms with E-state index in [4.69, 9.17) is 5.84 Å². The lowest BCUT2D eigenvalue weighted by Gasteiger charge is -2.26. The van der Waals surface area contributed by atoms with Crippen LogP contribution in [0.2, 0.25) is 0 Å². The zero-order valence-corrected chi connectivity index (χ0v) is 9.59. The summed E-state index contributed by atoms with van der Waals surface area (Å²) in [4.78, 5) is 0. The minimum absolute atomic E-state index is 0.970. The van der Waals surface area contributed by atoms with Gasteiger partial charge >= 0.3 is 0 Å². The Hall–Kier alpha value is -1.02. The highest BCUT2D eigenvalue weighted by Gasteiger charge is 2.10. The first-order chi connectivity index (χ1) is 6.75. The van der Waals surface area contributed by atoms with Gasteiger partial charge in [-0.15, -0.1) is 0 Å². The molecule has 0 radical (unpaired) electrons. The first kappa shape index (κ1) is 13.0. The van der Waals surface area contributed by atoms with Gasteiger partial charge in [-0.3, -0.25) is 0 Å². The van der Waals surface area contributed by atoms with Crippen LogP contribution < -0.4 is 5.84 Å². The van der Waals surface area contributed by atoms with Crippen LogP contribution in [-0.2, 0) is 0 Å².